The largest absolute Gasteiger partial charge is 0.444 e. The molecule has 2 aromatic carbocycles. The molecule has 0 fully saturated rings. The molecule has 2 heterocycles. The van der Waals surface area contributed by atoms with E-state index >= 15 is 0 Å². The van der Waals surface area contributed by atoms with Crippen LogP contribution < -0.4 is 21.3 Å². The number of halogens is 2. The first-order valence-electron chi connectivity index (χ1n) is 12.3. The van der Waals surface area contributed by atoms with Crippen molar-refractivity contribution >= 4 is 29.3 Å². The number of imidazole rings is 1. The van der Waals surface area contributed by atoms with Gasteiger partial charge in [-0.05, 0) is 31.2 Å². The van der Waals surface area contributed by atoms with Crippen LogP contribution in [0.3, 0.4) is 0 Å². The van der Waals surface area contributed by atoms with Gasteiger partial charge in [0.25, 0.3) is 5.91 Å². The molecule has 2 aromatic heterocycles. The van der Waals surface area contributed by atoms with Gasteiger partial charge in [0.1, 0.15) is 30.0 Å². The number of oxazole rings is 1. The Kier molecular flexibility index (Phi) is 9.14. The lowest BCUT2D eigenvalue weighted by atomic mass is 10.1. The number of benzene rings is 2. The number of nitrogens with zero attached hydrogens (tertiary/aromatic N) is 2. The fourth-order valence-corrected chi connectivity index (χ4v) is 3.63. The van der Waals surface area contributed by atoms with Crippen molar-refractivity contribution in [1.82, 2.24) is 30.9 Å². The Labute approximate surface area is 232 Å². The fourth-order valence-electron chi connectivity index (χ4n) is 3.63. The number of amides is 4. The zero-order valence-electron chi connectivity index (χ0n) is 21.6. The summed E-state index contributed by atoms with van der Waals surface area (Å²) in [6.07, 6.45) is 3.94. The van der Waals surface area contributed by atoms with Crippen LogP contribution >= 0.6 is 0 Å². The number of H-pyrrole nitrogens is 1. The third-order valence-electron chi connectivity index (χ3n) is 5.74. The van der Waals surface area contributed by atoms with Gasteiger partial charge in [0.05, 0.1) is 18.6 Å². The number of aromatic nitrogens is 3. The Balaban J connectivity index is 1.30. The maximum atomic E-state index is 14.0. The molecule has 0 saturated carbocycles. The van der Waals surface area contributed by atoms with Crippen LogP contribution in [0.4, 0.5) is 14.5 Å². The summed E-state index contributed by atoms with van der Waals surface area (Å²) in [5.74, 6) is -4.43. The average Bonchev–Trinajstić information content (AvgIpc) is 3.66. The summed E-state index contributed by atoms with van der Waals surface area (Å²) in [4.78, 5) is 61.2. The first-order chi connectivity index (χ1) is 19.7. The molecule has 41 heavy (non-hydrogen) atoms. The van der Waals surface area contributed by atoms with Crippen molar-refractivity contribution in [3.05, 3.63) is 90.3 Å². The Hall–Kier alpha value is -5.40. The van der Waals surface area contributed by atoms with Gasteiger partial charge in [0, 0.05) is 29.9 Å². The molecular formula is C27H25F2N7O5. The molecule has 0 aliphatic heterocycles. The first-order valence-corrected chi connectivity index (χ1v) is 12.3. The van der Waals surface area contributed by atoms with Crippen LogP contribution in [-0.4, -0.2) is 57.2 Å². The van der Waals surface area contributed by atoms with E-state index in [2.05, 4.69) is 36.2 Å². The lowest BCUT2D eigenvalue weighted by Gasteiger charge is -2.19. The van der Waals surface area contributed by atoms with Crippen molar-refractivity contribution in [2.45, 2.75) is 25.4 Å². The van der Waals surface area contributed by atoms with Gasteiger partial charge in [0.2, 0.25) is 23.6 Å². The van der Waals surface area contributed by atoms with Gasteiger partial charge >= 0.3 is 0 Å². The van der Waals surface area contributed by atoms with E-state index in [-0.39, 0.29) is 23.7 Å². The van der Waals surface area contributed by atoms with Gasteiger partial charge < -0.3 is 30.7 Å². The minimum atomic E-state index is -1.20. The van der Waals surface area contributed by atoms with Crippen LogP contribution in [0.1, 0.15) is 23.1 Å². The molecule has 4 rings (SSSR count). The van der Waals surface area contributed by atoms with E-state index in [1.54, 1.807) is 24.3 Å². The number of hydrogen-bond acceptors (Lipinski definition) is 7. The highest BCUT2D eigenvalue weighted by Gasteiger charge is 2.24. The van der Waals surface area contributed by atoms with Crippen LogP contribution in [0.5, 0.6) is 0 Å². The molecular weight excluding hydrogens is 540 g/mol. The molecule has 0 bridgehead atoms. The third kappa shape index (κ3) is 7.81. The van der Waals surface area contributed by atoms with Crippen LogP contribution in [-0.2, 0) is 20.8 Å². The van der Waals surface area contributed by atoms with Crippen LogP contribution in [0.15, 0.2) is 71.7 Å². The molecule has 14 heteroatoms. The van der Waals surface area contributed by atoms with Crippen molar-refractivity contribution in [3.8, 4) is 11.5 Å². The van der Waals surface area contributed by atoms with E-state index in [9.17, 15) is 28.0 Å². The van der Waals surface area contributed by atoms with E-state index in [4.69, 9.17) is 4.42 Å². The number of carbonyl (C=O) groups is 4. The molecule has 12 nitrogen and oxygen atoms in total. The lowest BCUT2D eigenvalue weighted by Crippen LogP contribution is -2.51. The summed E-state index contributed by atoms with van der Waals surface area (Å²) in [5, 5.41) is 9.62. The Bertz CT molecular complexity index is 1530. The predicted octanol–water partition coefficient (Wildman–Crippen LogP) is 1.94. The van der Waals surface area contributed by atoms with Crippen molar-refractivity contribution in [2.24, 2.45) is 0 Å². The summed E-state index contributed by atoms with van der Waals surface area (Å²) in [6, 6.07) is 9.32. The fraction of sp³-hybridized carbons (Fsp3) is 0.185. The number of aromatic amines is 1. The summed E-state index contributed by atoms with van der Waals surface area (Å²) in [6.45, 7) is 0.883. The normalized spacial score (nSPS) is 12.2. The van der Waals surface area contributed by atoms with Gasteiger partial charge in [-0.15, -0.1) is 0 Å². The quantitative estimate of drug-likeness (QED) is 0.185. The first kappa shape index (κ1) is 28.6. The highest BCUT2D eigenvalue weighted by atomic mass is 19.1. The summed E-state index contributed by atoms with van der Waals surface area (Å²) in [5.41, 5.74) is 0.854. The molecule has 4 amide bonds. The molecule has 5 N–H and O–H groups in total. The molecule has 2 atom stereocenters. The average molecular weight is 566 g/mol. The number of hydrogen-bond donors (Lipinski definition) is 5. The van der Waals surface area contributed by atoms with Crippen LogP contribution in [0.25, 0.3) is 11.5 Å². The minimum absolute atomic E-state index is 0.0356. The molecule has 0 aliphatic rings. The van der Waals surface area contributed by atoms with Gasteiger partial charge in [-0.25, -0.2) is 18.7 Å². The van der Waals surface area contributed by atoms with E-state index in [0.717, 1.165) is 12.1 Å². The van der Waals surface area contributed by atoms with Crippen molar-refractivity contribution in [2.75, 3.05) is 11.9 Å². The Morgan fingerprint density at radius 1 is 1.02 bits per heavy atom. The Morgan fingerprint density at radius 3 is 2.51 bits per heavy atom. The smallest absolute Gasteiger partial charge is 0.273 e. The highest BCUT2D eigenvalue weighted by molar-refractivity contribution is 5.99. The summed E-state index contributed by atoms with van der Waals surface area (Å²) in [7, 11) is 0. The number of rotatable bonds is 11. The van der Waals surface area contributed by atoms with Crippen molar-refractivity contribution < 1.29 is 32.4 Å². The second-order valence-corrected chi connectivity index (χ2v) is 8.83. The van der Waals surface area contributed by atoms with Gasteiger partial charge in [-0.3, -0.25) is 19.2 Å². The predicted molar refractivity (Wildman–Crippen MR) is 141 cm³/mol. The molecule has 0 aliphatic carbocycles. The topological polar surface area (TPSA) is 171 Å². The zero-order chi connectivity index (χ0) is 29.4. The number of anilines is 1. The minimum Gasteiger partial charge on any atom is -0.444 e. The van der Waals surface area contributed by atoms with Crippen molar-refractivity contribution in [1.29, 1.82) is 0 Å². The highest BCUT2D eigenvalue weighted by Crippen LogP contribution is 2.18. The van der Waals surface area contributed by atoms with Crippen LogP contribution in [0, 0.1) is 11.6 Å². The second-order valence-electron chi connectivity index (χ2n) is 8.83. The molecule has 0 radical (unpaired) electrons. The van der Waals surface area contributed by atoms with Gasteiger partial charge in [-0.2, -0.15) is 0 Å². The third-order valence-corrected chi connectivity index (χ3v) is 5.74. The van der Waals surface area contributed by atoms with E-state index in [1.807, 2.05) is 6.07 Å². The van der Waals surface area contributed by atoms with E-state index in [0.29, 0.717) is 17.3 Å². The molecule has 0 unspecified atom stereocenters. The summed E-state index contributed by atoms with van der Waals surface area (Å²) >= 11 is 0. The second kappa shape index (κ2) is 13.1. The van der Waals surface area contributed by atoms with Gasteiger partial charge in [-0.1, -0.05) is 18.2 Å². The maximum Gasteiger partial charge on any atom is 0.273 e. The molecule has 0 spiro atoms. The standard InChI is InChI=1S/C27H25F2N7O5/c1-15(33-26(40)22-13-41-27(36-22)16-5-3-2-4-6-16)24(38)31-12-23(37)34-21(10-18-11-30-14-32-18)25(39)35-20-8-7-17(28)9-19(20)29/h2-9,11,13-15,21H,10,12H2,1H3,(H,30,32)(H,31,38)(H,33,40)(H,34,37)(H,35,39)/t15-,21-/m0/s1. The Morgan fingerprint density at radius 2 is 1.80 bits per heavy atom. The zero-order valence-corrected chi connectivity index (χ0v) is 21.6. The number of nitrogens with one attached hydrogen (secondary N) is 5. The van der Waals surface area contributed by atoms with E-state index in [1.165, 1.54) is 25.7 Å². The van der Waals surface area contributed by atoms with Gasteiger partial charge in [0.15, 0.2) is 5.69 Å². The monoisotopic (exact) mass is 565 g/mol. The lowest BCUT2D eigenvalue weighted by molar-refractivity contribution is -0.128. The maximum absolute atomic E-state index is 14.0. The molecule has 0 saturated heterocycles. The van der Waals surface area contributed by atoms with Crippen LogP contribution in [0.2, 0.25) is 0 Å². The summed E-state index contributed by atoms with van der Waals surface area (Å²) < 4.78 is 32.6. The SMILES string of the molecule is C[C@H](NC(=O)c1coc(-c2ccccc2)n1)C(=O)NCC(=O)N[C@@H](Cc1cnc[nH]1)C(=O)Nc1ccc(F)cc1F. The molecule has 212 valence electrons. The molecule has 4 aromatic rings. The van der Waals surface area contributed by atoms with E-state index < -0.39 is 53.9 Å². The number of carbonyl (C=O) groups excluding carboxylic acids is 4. The van der Waals surface area contributed by atoms with Crippen molar-refractivity contribution in [3.63, 3.8) is 0 Å².